The fourth-order valence-corrected chi connectivity index (χ4v) is 8.02. The van der Waals surface area contributed by atoms with Crippen molar-refractivity contribution in [2.24, 2.45) is 0 Å². The van der Waals surface area contributed by atoms with Crippen LogP contribution in [-0.2, 0) is 28.6 Å². The molecule has 0 saturated carbocycles. The van der Waals surface area contributed by atoms with Gasteiger partial charge in [-0.2, -0.15) is 0 Å². The van der Waals surface area contributed by atoms with E-state index in [4.69, 9.17) is 14.2 Å². The molecule has 0 aliphatic heterocycles. The van der Waals surface area contributed by atoms with Crippen molar-refractivity contribution in [2.75, 3.05) is 13.2 Å². The van der Waals surface area contributed by atoms with Crippen LogP contribution in [0.15, 0.2) is 134 Å². The molecule has 0 aromatic carbocycles. The number of hydrogen-bond donors (Lipinski definition) is 0. The molecule has 0 fully saturated rings. The normalized spacial score (nSPS) is 13.1. The molecule has 0 aromatic rings. The summed E-state index contributed by atoms with van der Waals surface area (Å²) in [5.41, 5.74) is 0. The van der Waals surface area contributed by atoms with Crippen molar-refractivity contribution < 1.29 is 28.6 Å². The Kier molecular flexibility index (Phi) is 58.4. The maximum absolute atomic E-state index is 12.9. The predicted octanol–water partition coefficient (Wildman–Crippen LogP) is 21.0. The number of allylic oxidation sites excluding steroid dienone is 22. The van der Waals surface area contributed by atoms with E-state index in [9.17, 15) is 14.4 Å². The number of ether oxygens (including phenoxy) is 3. The number of unbranched alkanes of at least 4 members (excludes halogenated alkanes) is 21. The molecule has 424 valence electrons. The van der Waals surface area contributed by atoms with Crippen LogP contribution in [-0.4, -0.2) is 37.2 Å². The van der Waals surface area contributed by atoms with Gasteiger partial charge in [-0.05, 0) is 135 Å². The van der Waals surface area contributed by atoms with E-state index in [1.165, 1.54) is 57.8 Å². The van der Waals surface area contributed by atoms with Crippen molar-refractivity contribution in [1.82, 2.24) is 0 Å². The molecule has 0 spiro atoms. The molecule has 0 saturated heterocycles. The Balaban J connectivity index is 4.41. The lowest BCUT2D eigenvalue weighted by Crippen LogP contribution is -2.30. The Morgan fingerprint density at radius 1 is 0.280 bits per heavy atom. The first-order chi connectivity index (χ1) is 37.0. The second kappa shape index (κ2) is 62.1. The van der Waals surface area contributed by atoms with Crippen LogP contribution >= 0.6 is 0 Å². The number of esters is 3. The fourth-order valence-electron chi connectivity index (χ4n) is 8.02. The van der Waals surface area contributed by atoms with Gasteiger partial charge >= 0.3 is 17.9 Å². The first-order valence-corrected chi connectivity index (χ1v) is 30.7. The van der Waals surface area contributed by atoms with Crippen LogP contribution < -0.4 is 0 Å². The largest absolute Gasteiger partial charge is 0.462 e. The second-order valence-electron chi connectivity index (χ2n) is 19.9. The minimum absolute atomic E-state index is 0.0986. The Hall–Kier alpha value is -4.45. The first kappa shape index (κ1) is 70.5. The van der Waals surface area contributed by atoms with Crippen molar-refractivity contribution in [2.45, 2.75) is 271 Å². The van der Waals surface area contributed by atoms with Gasteiger partial charge in [0.25, 0.3) is 0 Å². The summed E-state index contributed by atoms with van der Waals surface area (Å²) in [5.74, 6) is -0.940. The van der Waals surface area contributed by atoms with Crippen LogP contribution in [0, 0.1) is 0 Å². The maximum Gasteiger partial charge on any atom is 0.306 e. The molecule has 6 heteroatoms. The van der Waals surface area contributed by atoms with Crippen molar-refractivity contribution in [3.8, 4) is 0 Å². The number of hydrogen-bond acceptors (Lipinski definition) is 6. The third kappa shape index (κ3) is 60.3. The van der Waals surface area contributed by atoms with Crippen molar-refractivity contribution >= 4 is 17.9 Å². The zero-order valence-electron chi connectivity index (χ0n) is 48.5. The summed E-state index contributed by atoms with van der Waals surface area (Å²) >= 11 is 0. The minimum Gasteiger partial charge on any atom is -0.462 e. The number of rotatable bonds is 54. The Labute approximate surface area is 462 Å². The average Bonchev–Trinajstić information content (AvgIpc) is 3.41. The van der Waals surface area contributed by atoms with Crippen LogP contribution in [0.25, 0.3) is 0 Å². The van der Waals surface area contributed by atoms with E-state index < -0.39 is 6.10 Å². The molecule has 0 aliphatic rings. The predicted molar refractivity (Wildman–Crippen MR) is 325 cm³/mol. The van der Waals surface area contributed by atoms with E-state index in [0.29, 0.717) is 19.3 Å². The zero-order chi connectivity index (χ0) is 54.3. The summed E-state index contributed by atoms with van der Waals surface area (Å²) in [5, 5.41) is 0. The van der Waals surface area contributed by atoms with Gasteiger partial charge in [0.1, 0.15) is 13.2 Å². The van der Waals surface area contributed by atoms with Crippen LogP contribution in [0.1, 0.15) is 265 Å². The molecule has 0 heterocycles. The zero-order valence-corrected chi connectivity index (χ0v) is 48.5. The number of carbonyl (C=O) groups excluding carboxylic acids is 3. The SMILES string of the molecule is CC/C=C\C/C=C\C/C=C\C/C=C\C/C=C\C/C=C\C/C=C\CCCCCCCC(=O)OCC(COC(=O)CCCCCCC/C=C\C/C=C\CCC)OC(=O)CCCCCCCCC/C=C\C/C=C\CCCCC. The van der Waals surface area contributed by atoms with Gasteiger partial charge in [-0.15, -0.1) is 0 Å². The summed E-state index contributed by atoms with van der Waals surface area (Å²) in [4.78, 5) is 38.2. The van der Waals surface area contributed by atoms with E-state index in [-0.39, 0.29) is 31.1 Å². The first-order valence-electron chi connectivity index (χ1n) is 30.7. The Bertz CT molecular complexity index is 1620. The van der Waals surface area contributed by atoms with Gasteiger partial charge in [0.15, 0.2) is 6.10 Å². The molecular formula is C69H112O6. The molecule has 0 aromatic heterocycles. The van der Waals surface area contributed by atoms with Crippen LogP contribution in [0.5, 0.6) is 0 Å². The maximum atomic E-state index is 12.9. The van der Waals surface area contributed by atoms with E-state index in [1.807, 2.05) is 0 Å². The van der Waals surface area contributed by atoms with E-state index in [2.05, 4.69) is 154 Å². The molecule has 75 heavy (non-hydrogen) atoms. The summed E-state index contributed by atoms with van der Waals surface area (Å²) in [6.45, 7) is 6.40. The van der Waals surface area contributed by atoms with E-state index in [1.54, 1.807) is 0 Å². The molecule has 6 nitrogen and oxygen atoms in total. The molecule has 1 atom stereocenters. The van der Waals surface area contributed by atoms with Crippen LogP contribution in [0.4, 0.5) is 0 Å². The molecule has 0 aliphatic carbocycles. The lowest BCUT2D eigenvalue weighted by molar-refractivity contribution is -0.167. The molecule has 0 rings (SSSR count). The Morgan fingerprint density at radius 3 is 0.867 bits per heavy atom. The van der Waals surface area contributed by atoms with Gasteiger partial charge in [0, 0.05) is 19.3 Å². The Morgan fingerprint density at radius 2 is 0.547 bits per heavy atom. The third-order valence-corrected chi connectivity index (χ3v) is 12.6. The summed E-state index contributed by atoms with van der Waals surface area (Å²) < 4.78 is 16.9. The quantitative estimate of drug-likeness (QED) is 0.0261. The second-order valence-corrected chi connectivity index (χ2v) is 19.9. The van der Waals surface area contributed by atoms with Crippen LogP contribution in [0.2, 0.25) is 0 Å². The van der Waals surface area contributed by atoms with Crippen molar-refractivity contribution in [1.29, 1.82) is 0 Å². The highest BCUT2D eigenvalue weighted by molar-refractivity contribution is 5.71. The number of carbonyl (C=O) groups is 3. The van der Waals surface area contributed by atoms with E-state index >= 15 is 0 Å². The van der Waals surface area contributed by atoms with E-state index in [0.717, 1.165) is 167 Å². The average molecular weight is 1040 g/mol. The molecule has 1 unspecified atom stereocenters. The summed E-state index contributed by atoms with van der Waals surface area (Å²) in [6, 6.07) is 0. The highest BCUT2D eigenvalue weighted by Crippen LogP contribution is 2.14. The smallest absolute Gasteiger partial charge is 0.306 e. The minimum atomic E-state index is -0.802. The van der Waals surface area contributed by atoms with Crippen LogP contribution in [0.3, 0.4) is 0 Å². The monoisotopic (exact) mass is 1040 g/mol. The van der Waals surface area contributed by atoms with Crippen molar-refractivity contribution in [3.05, 3.63) is 134 Å². The van der Waals surface area contributed by atoms with Gasteiger partial charge in [-0.1, -0.05) is 244 Å². The molecule has 0 amide bonds. The lowest BCUT2D eigenvalue weighted by Gasteiger charge is -2.18. The van der Waals surface area contributed by atoms with Gasteiger partial charge in [0.05, 0.1) is 0 Å². The van der Waals surface area contributed by atoms with Gasteiger partial charge in [-0.25, -0.2) is 0 Å². The van der Waals surface area contributed by atoms with Gasteiger partial charge in [0.2, 0.25) is 0 Å². The van der Waals surface area contributed by atoms with Gasteiger partial charge < -0.3 is 14.2 Å². The molecule has 0 N–H and O–H groups in total. The lowest BCUT2D eigenvalue weighted by atomic mass is 10.1. The molecule has 0 bridgehead atoms. The summed E-state index contributed by atoms with van der Waals surface area (Å²) in [6.07, 6.45) is 87.3. The molecule has 0 radical (unpaired) electrons. The molecular weight excluding hydrogens is 925 g/mol. The summed E-state index contributed by atoms with van der Waals surface area (Å²) in [7, 11) is 0. The fraction of sp³-hybridized carbons (Fsp3) is 0.638. The highest BCUT2D eigenvalue weighted by atomic mass is 16.6. The van der Waals surface area contributed by atoms with Gasteiger partial charge in [-0.3, -0.25) is 14.4 Å². The highest BCUT2D eigenvalue weighted by Gasteiger charge is 2.19. The topological polar surface area (TPSA) is 78.9 Å². The standard InChI is InChI=1S/C69H112O6/c1-4-7-10-13-16-19-22-25-27-29-30-31-32-33-34-35-36-37-38-40-41-44-47-50-53-56-59-62-68(71)74-65-66(64-73-67(70)61-58-55-52-49-46-43-24-21-18-15-12-9-6-3)75-69(72)63-60-57-54-51-48-45-42-39-28-26-23-20-17-14-11-8-5-2/h7,10,12,15-17,19-21,24-28,30-31,33-34,36-37,40-41,66H,4-6,8-9,11,13-14,18,22-23,29,32,35,38-39,42-65H2,1-3H3/b10-7-,15-12-,19-16-,20-17-,24-21-,27-25-,28-26-,31-30-,34-33-,37-36-,41-40-. The van der Waals surface area contributed by atoms with Crippen molar-refractivity contribution in [3.63, 3.8) is 0 Å². The third-order valence-electron chi connectivity index (χ3n) is 12.6.